The molecule has 0 amide bonds. The number of nitrogens with zero attached hydrogens (tertiary/aromatic N) is 1. The van der Waals surface area contributed by atoms with Crippen LogP contribution in [0.2, 0.25) is 0 Å². The van der Waals surface area contributed by atoms with Gasteiger partial charge in [0, 0.05) is 21.1 Å². The summed E-state index contributed by atoms with van der Waals surface area (Å²) in [4.78, 5) is 4.50. The molecule has 78 valence electrons. The average molecular weight is 330 g/mol. The van der Waals surface area contributed by atoms with Crippen molar-refractivity contribution in [2.75, 3.05) is 11.9 Å². The number of benzene rings is 1. The summed E-state index contributed by atoms with van der Waals surface area (Å²) in [5.74, 6) is 0. The average Bonchev–Trinajstić information content (AvgIpc) is 2.68. The van der Waals surface area contributed by atoms with Gasteiger partial charge < -0.3 is 5.32 Å². The lowest BCUT2D eigenvalue weighted by Gasteiger charge is -1.97. The Labute approximate surface area is 107 Å². The van der Waals surface area contributed by atoms with Crippen LogP contribution in [0.1, 0.15) is 6.92 Å². The number of halogens is 1. The third-order valence-corrected chi connectivity index (χ3v) is 3.49. The van der Waals surface area contributed by atoms with Gasteiger partial charge in [0.25, 0.3) is 0 Å². The summed E-state index contributed by atoms with van der Waals surface area (Å²) in [5.41, 5.74) is 2.23. The molecule has 4 heteroatoms. The molecular formula is C11H11IN2S. The molecule has 1 aromatic heterocycles. The van der Waals surface area contributed by atoms with Gasteiger partial charge in [-0.3, -0.25) is 0 Å². The van der Waals surface area contributed by atoms with E-state index in [4.69, 9.17) is 0 Å². The summed E-state index contributed by atoms with van der Waals surface area (Å²) in [6.07, 6.45) is 0. The molecule has 15 heavy (non-hydrogen) atoms. The zero-order chi connectivity index (χ0) is 10.7. The Morgan fingerprint density at radius 1 is 1.33 bits per heavy atom. The number of aromatic nitrogens is 1. The van der Waals surface area contributed by atoms with E-state index in [0.717, 1.165) is 17.4 Å². The van der Waals surface area contributed by atoms with Gasteiger partial charge in [-0.1, -0.05) is 12.1 Å². The maximum Gasteiger partial charge on any atom is 0.183 e. The fourth-order valence-electron chi connectivity index (χ4n) is 1.26. The predicted octanol–water partition coefficient (Wildman–Crippen LogP) is 3.85. The van der Waals surface area contributed by atoms with Gasteiger partial charge in [-0.2, -0.15) is 0 Å². The smallest absolute Gasteiger partial charge is 0.183 e. The molecule has 0 saturated carbocycles. The highest BCUT2D eigenvalue weighted by atomic mass is 127. The first-order chi connectivity index (χ1) is 7.29. The van der Waals surface area contributed by atoms with Crippen LogP contribution < -0.4 is 5.32 Å². The summed E-state index contributed by atoms with van der Waals surface area (Å²) in [6, 6.07) is 8.41. The van der Waals surface area contributed by atoms with Crippen molar-refractivity contribution in [1.82, 2.24) is 4.98 Å². The maximum atomic E-state index is 4.50. The Bertz CT molecular complexity index is 436. The summed E-state index contributed by atoms with van der Waals surface area (Å²) in [7, 11) is 0. The molecule has 2 aromatic rings. The van der Waals surface area contributed by atoms with Crippen molar-refractivity contribution in [2.24, 2.45) is 0 Å². The molecule has 0 aliphatic rings. The summed E-state index contributed by atoms with van der Waals surface area (Å²) in [6.45, 7) is 2.99. The van der Waals surface area contributed by atoms with Crippen LogP contribution in [0.3, 0.4) is 0 Å². The minimum atomic E-state index is 0.916. The van der Waals surface area contributed by atoms with Gasteiger partial charge in [0.15, 0.2) is 5.13 Å². The number of hydrogen-bond donors (Lipinski definition) is 1. The number of hydrogen-bond acceptors (Lipinski definition) is 3. The van der Waals surface area contributed by atoms with Gasteiger partial charge in [0.05, 0.1) is 5.69 Å². The van der Waals surface area contributed by atoms with Crippen LogP contribution in [-0.4, -0.2) is 11.5 Å². The lowest BCUT2D eigenvalue weighted by Crippen LogP contribution is -1.94. The molecule has 0 saturated heterocycles. The molecule has 1 N–H and O–H groups in total. The zero-order valence-corrected chi connectivity index (χ0v) is 11.3. The Hall–Kier alpha value is -0.620. The standard InChI is InChI=1S/C11H11IN2S/c1-2-13-11-14-10(7-15-11)8-3-5-9(12)6-4-8/h3-7H,2H2,1H3,(H,13,14). The Balaban J connectivity index is 2.25. The lowest BCUT2D eigenvalue weighted by molar-refractivity contribution is 1.19. The van der Waals surface area contributed by atoms with Crippen molar-refractivity contribution in [3.05, 3.63) is 33.2 Å². The first-order valence-electron chi connectivity index (χ1n) is 4.75. The first-order valence-corrected chi connectivity index (χ1v) is 6.71. The lowest BCUT2D eigenvalue weighted by atomic mass is 10.2. The van der Waals surface area contributed by atoms with E-state index in [9.17, 15) is 0 Å². The molecule has 0 aliphatic heterocycles. The molecule has 0 fully saturated rings. The highest BCUT2D eigenvalue weighted by Crippen LogP contribution is 2.25. The van der Waals surface area contributed by atoms with E-state index in [-0.39, 0.29) is 0 Å². The van der Waals surface area contributed by atoms with Gasteiger partial charge in [-0.15, -0.1) is 11.3 Å². The summed E-state index contributed by atoms with van der Waals surface area (Å²) in [5, 5.41) is 6.29. The molecule has 0 aliphatic carbocycles. The normalized spacial score (nSPS) is 10.3. The second-order valence-corrected chi connectivity index (χ2v) is 5.18. The fourth-order valence-corrected chi connectivity index (χ4v) is 2.41. The number of thiazole rings is 1. The fraction of sp³-hybridized carbons (Fsp3) is 0.182. The van der Waals surface area contributed by atoms with Gasteiger partial charge in [0.2, 0.25) is 0 Å². The second-order valence-electron chi connectivity index (χ2n) is 3.08. The first kappa shape index (κ1) is 10.9. The molecular weight excluding hydrogens is 319 g/mol. The Morgan fingerprint density at radius 2 is 2.07 bits per heavy atom. The zero-order valence-electron chi connectivity index (χ0n) is 8.33. The van der Waals surface area contributed by atoms with Crippen LogP contribution >= 0.6 is 33.9 Å². The van der Waals surface area contributed by atoms with Crippen LogP contribution in [0.15, 0.2) is 29.6 Å². The Morgan fingerprint density at radius 3 is 2.73 bits per heavy atom. The van der Waals surface area contributed by atoms with Crippen molar-refractivity contribution in [3.8, 4) is 11.3 Å². The van der Waals surface area contributed by atoms with Crippen molar-refractivity contribution in [3.63, 3.8) is 0 Å². The van der Waals surface area contributed by atoms with Gasteiger partial charge in [-0.05, 0) is 41.6 Å². The van der Waals surface area contributed by atoms with Crippen LogP contribution in [-0.2, 0) is 0 Å². The van der Waals surface area contributed by atoms with Crippen molar-refractivity contribution >= 4 is 39.1 Å². The molecule has 1 aromatic carbocycles. The van der Waals surface area contributed by atoms with E-state index in [1.165, 1.54) is 9.13 Å². The van der Waals surface area contributed by atoms with Crippen molar-refractivity contribution in [1.29, 1.82) is 0 Å². The van der Waals surface area contributed by atoms with Crippen LogP contribution in [0.5, 0.6) is 0 Å². The molecule has 0 radical (unpaired) electrons. The summed E-state index contributed by atoms with van der Waals surface area (Å²) >= 11 is 3.95. The third-order valence-electron chi connectivity index (χ3n) is 1.97. The van der Waals surface area contributed by atoms with E-state index in [2.05, 4.69) is 69.5 Å². The minimum Gasteiger partial charge on any atom is -0.362 e. The van der Waals surface area contributed by atoms with Crippen LogP contribution in [0, 0.1) is 3.57 Å². The van der Waals surface area contributed by atoms with E-state index >= 15 is 0 Å². The third kappa shape index (κ3) is 2.69. The van der Waals surface area contributed by atoms with Crippen LogP contribution in [0.25, 0.3) is 11.3 Å². The largest absolute Gasteiger partial charge is 0.362 e. The minimum absolute atomic E-state index is 0.916. The molecule has 0 unspecified atom stereocenters. The number of rotatable bonds is 3. The highest BCUT2D eigenvalue weighted by Gasteiger charge is 2.02. The van der Waals surface area contributed by atoms with E-state index in [0.29, 0.717) is 0 Å². The molecule has 0 spiro atoms. The van der Waals surface area contributed by atoms with E-state index < -0.39 is 0 Å². The molecule has 1 heterocycles. The Kier molecular flexibility index (Phi) is 3.58. The van der Waals surface area contributed by atoms with Crippen LogP contribution in [0.4, 0.5) is 5.13 Å². The van der Waals surface area contributed by atoms with Crippen molar-refractivity contribution < 1.29 is 0 Å². The topological polar surface area (TPSA) is 24.9 Å². The molecule has 2 rings (SSSR count). The SMILES string of the molecule is CCNc1nc(-c2ccc(I)cc2)cs1. The molecule has 2 nitrogen and oxygen atoms in total. The molecule has 0 atom stereocenters. The van der Waals surface area contributed by atoms with E-state index in [1.54, 1.807) is 11.3 Å². The number of nitrogens with one attached hydrogen (secondary N) is 1. The quantitative estimate of drug-likeness (QED) is 0.865. The number of anilines is 1. The molecule has 0 bridgehead atoms. The predicted molar refractivity (Wildman–Crippen MR) is 74.4 cm³/mol. The highest BCUT2D eigenvalue weighted by molar-refractivity contribution is 14.1. The second kappa shape index (κ2) is 4.94. The maximum absolute atomic E-state index is 4.50. The van der Waals surface area contributed by atoms with E-state index in [1.807, 2.05) is 0 Å². The van der Waals surface area contributed by atoms with Crippen molar-refractivity contribution in [2.45, 2.75) is 6.92 Å². The summed E-state index contributed by atoms with van der Waals surface area (Å²) < 4.78 is 1.25. The monoisotopic (exact) mass is 330 g/mol. The van der Waals surface area contributed by atoms with Gasteiger partial charge in [0.1, 0.15) is 0 Å². The van der Waals surface area contributed by atoms with Gasteiger partial charge in [-0.25, -0.2) is 4.98 Å². The van der Waals surface area contributed by atoms with Gasteiger partial charge >= 0.3 is 0 Å².